The van der Waals surface area contributed by atoms with Crippen LogP contribution in [0.2, 0.25) is 0 Å². The van der Waals surface area contributed by atoms with Crippen molar-refractivity contribution in [3.8, 4) is 5.75 Å². The number of H-pyrrole nitrogens is 1. The minimum Gasteiger partial charge on any atom is -0.508 e. The number of hydrogen-bond acceptors (Lipinski definition) is 4. The molecular formula is C19H26N4O2. The quantitative estimate of drug-likeness (QED) is 0.846. The monoisotopic (exact) mass is 342 g/mol. The molecule has 0 radical (unpaired) electrons. The van der Waals surface area contributed by atoms with Gasteiger partial charge in [0.05, 0.1) is 0 Å². The average molecular weight is 342 g/mol. The largest absolute Gasteiger partial charge is 0.508 e. The summed E-state index contributed by atoms with van der Waals surface area (Å²) in [6.45, 7) is 2.72. The van der Waals surface area contributed by atoms with Gasteiger partial charge in [-0.25, -0.2) is 4.98 Å². The lowest BCUT2D eigenvalue weighted by Gasteiger charge is -2.36. The first-order valence-electron chi connectivity index (χ1n) is 9.07. The van der Waals surface area contributed by atoms with Gasteiger partial charge in [0.1, 0.15) is 11.6 Å². The molecule has 0 saturated carbocycles. The number of carbonyl (C=O) groups is 1. The van der Waals surface area contributed by atoms with Gasteiger partial charge in [-0.3, -0.25) is 9.89 Å². The molecule has 1 atom stereocenters. The number of hydrogen-bond donors (Lipinski definition) is 2. The number of rotatable bonds is 6. The summed E-state index contributed by atoms with van der Waals surface area (Å²) in [6.07, 6.45) is 6.29. The summed E-state index contributed by atoms with van der Waals surface area (Å²) in [5.74, 6) is 1.99. The second-order valence-corrected chi connectivity index (χ2v) is 6.78. The highest BCUT2D eigenvalue weighted by Crippen LogP contribution is 2.23. The van der Waals surface area contributed by atoms with E-state index >= 15 is 0 Å². The van der Waals surface area contributed by atoms with Crippen LogP contribution in [0.4, 0.5) is 0 Å². The van der Waals surface area contributed by atoms with E-state index in [2.05, 4.69) is 20.1 Å². The highest BCUT2D eigenvalue weighted by atomic mass is 16.3. The third-order valence-electron chi connectivity index (χ3n) is 4.86. The fraction of sp³-hybridized carbons (Fsp3) is 0.526. The van der Waals surface area contributed by atoms with Gasteiger partial charge in [-0.1, -0.05) is 12.1 Å². The molecule has 1 saturated heterocycles. The fourth-order valence-corrected chi connectivity index (χ4v) is 3.49. The van der Waals surface area contributed by atoms with Crippen LogP contribution in [0, 0.1) is 6.92 Å². The molecule has 2 aromatic rings. The molecule has 3 rings (SSSR count). The average Bonchev–Trinajstić information content (AvgIpc) is 3.05. The van der Waals surface area contributed by atoms with Crippen LogP contribution in [0.25, 0.3) is 0 Å². The summed E-state index contributed by atoms with van der Waals surface area (Å²) < 4.78 is 0. The number of phenols is 1. The Bertz CT molecular complexity index is 696. The van der Waals surface area contributed by atoms with Gasteiger partial charge in [-0.2, -0.15) is 5.10 Å². The predicted octanol–water partition coefficient (Wildman–Crippen LogP) is 2.77. The van der Waals surface area contributed by atoms with Gasteiger partial charge >= 0.3 is 0 Å². The summed E-state index contributed by atoms with van der Waals surface area (Å²) in [5.41, 5.74) is 1.20. The lowest BCUT2D eigenvalue weighted by molar-refractivity contribution is -0.135. The zero-order valence-electron chi connectivity index (χ0n) is 14.7. The number of benzene rings is 1. The van der Waals surface area contributed by atoms with Crippen LogP contribution in [0.1, 0.15) is 49.3 Å². The molecule has 134 valence electrons. The van der Waals surface area contributed by atoms with Crippen molar-refractivity contribution in [2.75, 3.05) is 6.54 Å². The van der Waals surface area contributed by atoms with Crippen LogP contribution in [0.15, 0.2) is 24.3 Å². The molecule has 1 aromatic heterocycles. The number of aromatic nitrogens is 3. The van der Waals surface area contributed by atoms with Crippen LogP contribution < -0.4 is 0 Å². The molecule has 25 heavy (non-hydrogen) atoms. The van der Waals surface area contributed by atoms with Gasteiger partial charge in [0.15, 0.2) is 5.82 Å². The first kappa shape index (κ1) is 17.5. The third-order valence-corrected chi connectivity index (χ3v) is 4.86. The molecule has 1 amide bonds. The Morgan fingerprint density at radius 3 is 2.80 bits per heavy atom. The van der Waals surface area contributed by atoms with E-state index in [0.29, 0.717) is 30.5 Å². The van der Waals surface area contributed by atoms with Gasteiger partial charge in [-0.15, -0.1) is 0 Å². The summed E-state index contributed by atoms with van der Waals surface area (Å²) >= 11 is 0. The maximum atomic E-state index is 12.7. The summed E-state index contributed by atoms with van der Waals surface area (Å²) in [5, 5.41) is 16.3. The van der Waals surface area contributed by atoms with Crippen LogP contribution in [-0.2, 0) is 17.6 Å². The first-order chi connectivity index (χ1) is 12.1. The number of carbonyl (C=O) groups excluding carboxylic acids is 1. The first-order valence-corrected chi connectivity index (χ1v) is 9.07. The number of piperidine rings is 1. The topological polar surface area (TPSA) is 82.1 Å². The Kier molecular flexibility index (Phi) is 5.68. The van der Waals surface area contributed by atoms with Gasteiger partial charge in [0, 0.05) is 25.4 Å². The second-order valence-electron chi connectivity index (χ2n) is 6.78. The van der Waals surface area contributed by atoms with Gasteiger partial charge in [0.25, 0.3) is 0 Å². The Morgan fingerprint density at radius 1 is 1.28 bits per heavy atom. The van der Waals surface area contributed by atoms with E-state index in [1.54, 1.807) is 12.1 Å². The van der Waals surface area contributed by atoms with Crippen molar-refractivity contribution in [2.24, 2.45) is 0 Å². The maximum absolute atomic E-state index is 12.7. The van der Waals surface area contributed by atoms with E-state index in [4.69, 9.17) is 0 Å². The zero-order chi connectivity index (χ0) is 17.6. The lowest BCUT2D eigenvalue weighted by atomic mass is 9.95. The van der Waals surface area contributed by atoms with Crippen molar-refractivity contribution >= 4 is 5.91 Å². The molecule has 6 nitrogen and oxygen atoms in total. The molecule has 2 N–H and O–H groups in total. The Hall–Kier alpha value is -2.37. The molecule has 6 heteroatoms. The summed E-state index contributed by atoms with van der Waals surface area (Å²) in [4.78, 5) is 19.0. The molecule has 1 aliphatic heterocycles. The number of nitrogens with one attached hydrogen (secondary N) is 1. The molecule has 0 spiro atoms. The Balaban J connectivity index is 1.54. The fourth-order valence-electron chi connectivity index (χ4n) is 3.49. The minimum atomic E-state index is 0.206. The summed E-state index contributed by atoms with van der Waals surface area (Å²) in [7, 11) is 0. The number of phenolic OH excluding ortho intramolecular Hbond substituents is 1. The maximum Gasteiger partial charge on any atom is 0.223 e. The minimum absolute atomic E-state index is 0.206. The molecule has 1 fully saturated rings. The molecule has 2 heterocycles. The highest BCUT2D eigenvalue weighted by Gasteiger charge is 2.26. The van der Waals surface area contributed by atoms with E-state index in [-0.39, 0.29) is 5.91 Å². The predicted molar refractivity (Wildman–Crippen MR) is 95.2 cm³/mol. The van der Waals surface area contributed by atoms with Crippen LogP contribution in [0.3, 0.4) is 0 Å². The summed E-state index contributed by atoms with van der Waals surface area (Å²) in [6, 6.07) is 7.66. The number of aromatic amines is 1. The van der Waals surface area contributed by atoms with Crippen LogP contribution in [-0.4, -0.2) is 43.7 Å². The molecular weight excluding hydrogens is 316 g/mol. The van der Waals surface area contributed by atoms with Crippen LogP contribution in [0.5, 0.6) is 5.75 Å². The third kappa shape index (κ3) is 4.81. The normalized spacial score (nSPS) is 17.6. The standard InChI is InChI=1S/C19H26N4O2/c1-14-20-18(22-21-14)11-12-19(25)23-13-3-2-4-16(23)8-5-15-6-9-17(24)10-7-15/h6-7,9-10,16,24H,2-5,8,11-13H2,1H3,(H,20,21,22)/t16-/m0/s1. The Labute approximate surface area is 148 Å². The van der Waals surface area contributed by atoms with Crippen molar-refractivity contribution in [1.29, 1.82) is 0 Å². The smallest absolute Gasteiger partial charge is 0.223 e. The van der Waals surface area contributed by atoms with Crippen LogP contribution >= 0.6 is 0 Å². The van der Waals surface area contributed by atoms with Crippen molar-refractivity contribution in [2.45, 2.75) is 57.9 Å². The van der Waals surface area contributed by atoms with E-state index in [1.807, 2.05) is 19.1 Å². The zero-order valence-corrected chi connectivity index (χ0v) is 14.7. The van der Waals surface area contributed by atoms with Gasteiger partial charge in [-0.05, 0) is 56.7 Å². The lowest BCUT2D eigenvalue weighted by Crippen LogP contribution is -2.44. The van der Waals surface area contributed by atoms with Crippen molar-refractivity contribution < 1.29 is 9.90 Å². The van der Waals surface area contributed by atoms with Gasteiger partial charge in [0.2, 0.25) is 5.91 Å². The number of amides is 1. The highest BCUT2D eigenvalue weighted by molar-refractivity contribution is 5.76. The van der Waals surface area contributed by atoms with Gasteiger partial charge < -0.3 is 10.0 Å². The molecule has 0 unspecified atom stereocenters. The van der Waals surface area contributed by atoms with E-state index < -0.39 is 0 Å². The molecule has 0 bridgehead atoms. The number of aryl methyl sites for hydroxylation is 3. The van der Waals surface area contributed by atoms with E-state index in [1.165, 1.54) is 12.0 Å². The molecule has 1 aliphatic rings. The second kappa shape index (κ2) is 8.14. The SMILES string of the molecule is Cc1nc(CCC(=O)N2CCCC[C@H]2CCc2ccc(O)cc2)n[nH]1. The number of likely N-dealkylation sites (tertiary alicyclic amines) is 1. The van der Waals surface area contributed by atoms with Crippen molar-refractivity contribution in [1.82, 2.24) is 20.1 Å². The Morgan fingerprint density at radius 2 is 2.08 bits per heavy atom. The number of aromatic hydroxyl groups is 1. The number of nitrogens with zero attached hydrogens (tertiary/aromatic N) is 3. The van der Waals surface area contributed by atoms with Crippen molar-refractivity contribution in [3.63, 3.8) is 0 Å². The van der Waals surface area contributed by atoms with E-state index in [0.717, 1.165) is 38.1 Å². The molecule has 0 aliphatic carbocycles. The van der Waals surface area contributed by atoms with E-state index in [9.17, 15) is 9.90 Å². The molecule has 1 aromatic carbocycles. The van der Waals surface area contributed by atoms with Crippen molar-refractivity contribution in [3.05, 3.63) is 41.5 Å².